The lowest BCUT2D eigenvalue weighted by Crippen LogP contribution is -2.22. The molecule has 222 valence electrons. The number of imidazole rings is 1. The highest BCUT2D eigenvalue weighted by Gasteiger charge is 2.19. The average molecular weight is 596 g/mol. The normalized spacial score (nSPS) is 10.3. The summed E-state index contributed by atoms with van der Waals surface area (Å²) in [6.07, 6.45) is 7.63. The van der Waals surface area contributed by atoms with Crippen LogP contribution in [0.2, 0.25) is 0 Å². The molecule has 11 nitrogen and oxygen atoms in total. The van der Waals surface area contributed by atoms with Crippen LogP contribution in [0.1, 0.15) is 29.4 Å². The Morgan fingerprint density at radius 2 is 1.98 bits per heavy atom. The van der Waals surface area contributed by atoms with Crippen molar-refractivity contribution in [3.8, 4) is 17.2 Å². The second-order valence-corrected chi connectivity index (χ2v) is 9.59. The molecule has 0 unspecified atom stereocenters. The first-order chi connectivity index (χ1) is 20.4. The Morgan fingerprint density at radius 1 is 1.19 bits per heavy atom. The lowest BCUT2D eigenvalue weighted by molar-refractivity contribution is -0.119. The third-order valence-electron chi connectivity index (χ3n) is 5.74. The van der Waals surface area contributed by atoms with E-state index in [1.165, 1.54) is 18.8 Å². The minimum absolute atomic E-state index is 0.122. The fourth-order valence-electron chi connectivity index (χ4n) is 3.77. The van der Waals surface area contributed by atoms with Crippen molar-refractivity contribution < 1.29 is 23.5 Å². The molecule has 4 rings (SSSR count). The SMILES string of the molecule is C=NOc1cc(Cn2cc(CNC(=O)C(=C)F)cn2)cc(OC)c1Sc1cc(CC)ccc1OCc1ncc[nH]1.CN. The number of hydrogen-bond acceptors (Lipinski definition) is 9. The number of aromatic nitrogens is 4. The number of nitrogens with two attached hydrogens (primary N) is 1. The van der Waals surface area contributed by atoms with E-state index >= 15 is 0 Å². The predicted molar refractivity (Wildman–Crippen MR) is 160 cm³/mol. The highest BCUT2D eigenvalue weighted by Crippen LogP contribution is 2.46. The average Bonchev–Trinajstić information content (AvgIpc) is 3.69. The van der Waals surface area contributed by atoms with Gasteiger partial charge in [0, 0.05) is 37.4 Å². The van der Waals surface area contributed by atoms with Crippen LogP contribution in [0.4, 0.5) is 4.39 Å². The van der Waals surface area contributed by atoms with E-state index < -0.39 is 11.7 Å². The number of aromatic amines is 1. The van der Waals surface area contributed by atoms with Crippen molar-refractivity contribution in [2.75, 3.05) is 14.2 Å². The van der Waals surface area contributed by atoms with Crippen LogP contribution in [0.25, 0.3) is 0 Å². The molecule has 0 atom stereocenters. The van der Waals surface area contributed by atoms with Gasteiger partial charge in [-0.25, -0.2) is 9.37 Å². The van der Waals surface area contributed by atoms with Crippen LogP contribution >= 0.6 is 11.8 Å². The summed E-state index contributed by atoms with van der Waals surface area (Å²) >= 11 is 1.44. The number of benzene rings is 2. The summed E-state index contributed by atoms with van der Waals surface area (Å²) in [5.41, 5.74) is 7.18. The molecule has 0 saturated carbocycles. The molecule has 0 aliphatic rings. The van der Waals surface area contributed by atoms with E-state index in [-0.39, 0.29) is 13.2 Å². The van der Waals surface area contributed by atoms with Gasteiger partial charge in [0.05, 0.1) is 29.6 Å². The molecule has 1 amide bonds. The monoisotopic (exact) mass is 595 g/mol. The van der Waals surface area contributed by atoms with Crippen LogP contribution < -0.4 is 25.4 Å². The standard InChI is InChI=1S/C28H29FN6O4S.CH5N/c1-5-19-6-7-22(38-17-26-31-8-9-32-26)25(12-19)40-27-23(37-4)10-20(11-24(27)39-30-3)15-35-16-21(14-34-35)13-33-28(36)18(2)29;1-2/h6-12,14,16H,2-3,5,13,15,17H2,1,4H3,(H,31,32)(H,33,36);2H2,1H3. The Labute approximate surface area is 247 Å². The molecule has 2 heterocycles. The molecule has 0 bridgehead atoms. The fraction of sp³-hybridized carbons (Fsp3) is 0.241. The second kappa shape index (κ2) is 16.0. The van der Waals surface area contributed by atoms with Crippen LogP contribution in [0.15, 0.2) is 82.5 Å². The van der Waals surface area contributed by atoms with Crippen LogP contribution in [0.5, 0.6) is 17.2 Å². The van der Waals surface area contributed by atoms with Crippen LogP contribution in [-0.4, -0.2) is 46.5 Å². The minimum atomic E-state index is -1.04. The molecular formula is C29H34FN7O4S. The lowest BCUT2D eigenvalue weighted by atomic mass is 10.2. The zero-order valence-corrected chi connectivity index (χ0v) is 24.5. The number of oxime groups is 1. The quantitative estimate of drug-likeness (QED) is 0.109. The number of carbonyl (C=O) groups is 1. The molecule has 13 heteroatoms. The van der Waals surface area contributed by atoms with Gasteiger partial charge in [0.2, 0.25) is 0 Å². The van der Waals surface area contributed by atoms with Crippen molar-refractivity contribution in [3.63, 3.8) is 0 Å². The molecule has 4 aromatic rings. The molecule has 42 heavy (non-hydrogen) atoms. The van der Waals surface area contributed by atoms with Crippen molar-refractivity contribution >= 4 is 24.4 Å². The number of aryl methyl sites for hydroxylation is 1. The van der Waals surface area contributed by atoms with Gasteiger partial charge in [-0.1, -0.05) is 36.5 Å². The topological polar surface area (TPSA) is 142 Å². The number of H-pyrrole nitrogens is 1. The Morgan fingerprint density at radius 3 is 2.64 bits per heavy atom. The maximum atomic E-state index is 12.9. The van der Waals surface area contributed by atoms with E-state index in [1.807, 2.05) is 24.3 Å². The van der Waals surface area contributed by atoms with Crippen LogP contribution in [0.3, 0.4) is 0 Å². The third-order valence-corrected chi connectivity index (χ3v) is 6.89. The molecule has 2 aromatic carbocycles. The van der Waals surface area contributed by atoms with Gasteiger partial charge < -0.3 is 30.3 Å². The molecule has 2 aromatic heterocycles. The van der Waals surface area contributed by atoms with Crippen molar-refractivity contribution in [1.29, 1.82) is 0 Å². The highest BCUT2D eigenvalue weighted by molar-refractivity contribution is 7.99. The Hall–Kier alpha value is -4.62. The van der Waals surface area contributed by atoms with Gasteiger partial charge in [0.15, 0.2) is 11.6 Å². The van der Waals surface area contributed by atoms with E-state index in [9.17, 15) is 9.18 Å². The molecule has 4 N–H and O–H groups in total. The zero-order chi connectivity index (χ0) is 30.5. The Bertz CT molecular complexity index is 1490. The molecule has 0 spiro atoms. The van der Waals surface area contributed by atoms with Crippen LogP contribution in [-0.2, 0) is 30.9 Å². The summed E-state index contributed by atoms with van der Waals surface area (Å²) in [7, 11) is 3.08. The first-order valence-electron chi connectivity index (χ1n) is 12.9. The molecule has 0 radical (unpaired) electrons. The maximum absolute atomic E-state index is 12.9. The maximum Gasteiger partial charge on any atom is 0.279 e. The number of carbonyl (C=O) groups excluding carboxylic acids is 1. The minimum Gasteiger partial charge on any atom is -0.495 e. The van der Waals surface area contributed by atoms with Gasteiger partial charge >= 0.3 is 0 Å². The summed E-state index contributed by atoms with van der Waals surface area (Å²) in [6.45, 7) is 9.35. The van der Waals surface area contributed by atoms with E-state index in [4.69, 9.17) is 14.3 Å². The zero-order valence-electron chi connectivity index (χ0n) is 23.7. The van der Waals surface area contributed by atoms with Crippen molar-refractivity contribution in [2.24, 2.45) is 10.9 Å². The van der Waals surface area contributed by atoms with E-state index in [0.717, 1.165) is 22.4 Å². The molecular weight excluding hydrogens is 561 g/mol. The van der Waals surface area contributed by atoms with Gasteiger partial charge in [-0.3, -0.25) is 9.48 Å². The highest BCUT2D eigenvalue weighted by atomic mass is 32.2. The first-order valence-corrected chi connectivity index (χ1v) is 13.7. The van der Waals surface area contributed by atoms with Gasteiger partial charge in [-0.2, -0.15) is 5.10 Å². The number of ether oxygens (including phenoxy) is 2. The summed E-state index contributed by atoms with van der Waals surface area (Å²) < 4.78 is 26.4. The smallest absolute Gasteiger partial charge is 0.279 e. The number of methoxy groups -OCH3 is 1. The van der Waals surface area contributed by atoms with Gasteiger partial charge in [0.25, 0.3) is 5.91 Å². The fourth-order valence-corrected chi connectivity index (χ4v) is 4.86. The van der Waals surface area contributed by atoms with E-state index in [0.29, 0.717) is 40.1 Å². The van der Waals surface area contributed by atoms with Crippen molar-refractivity contribution in [1.82, 2.24) is 25.1 Å². The van der Waals surface area contributed by atoms with E-state index in [1.54, 1.807) is 36.6 Å². The Kier molecular flexibility index (Phi) is 12.1. The van der Waals surface area contributed by atoms with E-state index in [2.05, 4.69) is 57.6 Å². The number of amides is 1. The molecule has 0 fully saturated rings. The number of halogens is 1. The van der Waals surface area contributed by atoms with Crippen molar-refractivity contribution in [3.05, 3.63) is 90.0 Å². The lowest BCUT2D eigenvalue weighted by Gasteiger charge is -2.17. The molecule has 0 aliphatic carbocycles. The van der Waals surface area contributed by atoms with Crippen LogP contribution in [0, 0.1) is 0 Å². The van der Waals surface area contributed by atoms with Crippen molar-refractivity contribution in [2.45, 2.75) is 42.8 Å². The summed E-state index contributed by atoms with van der Waals surface area (Å²) in [5.74, 6) is 0.529. The predicted octanol–water partition coefficient (Wildman–Crippen LogP) is 4.62. The largest absolute Gasteiger partial charge is 0.495 e. The third kappa shape index (κ3) is 8.69. The second-order valence-electron chi connectivity index (χ2n) is 8.54. The molecule has 0 saturated heterocycles. The summed E-state index contributed by atoms with van der Waals surface area (Å²) in [4.78, 5) is 25.8. The molecule has 0 aliphatic heterocycles. The summed E-state index contributed by atoms with van der Waals surface area (Å²) in [6, 6.07) is 9.77. The van der Waals surface area contributed by atoms with Gasteiger partial charge in [0.1, 0.15) is 23.9 Å². The number of rotatable bonds is 14. The number of nitrogens with zero attached hydrogens (tertiary/aromatic N) is 4. The first kappa shape index (κ1) is 31.9. The Balaban J connectivity index is 0.00000237. The number of hydrogen-bond donors (Lipinski definition) is 3. The number of nitrogens with one attached hydrogen (secondary N) is 2. The van der Waals surface area contributed by atoms with Gasteiger partial charge in [-0.05, 0) is 48.9 Å². The summed E-state index contributed by atoms with van der Waals surface area (Å²) in [5, 5.41) is 10.4. The van der Waals surface area contributed by atoms with Gasteiger partial charge in [-0.15, -0.1) is 0 Å².